The first-order chi connectivity index (χ1) is 9.09. The molecule has 0 aromatic carbocycles. The average molecular weight is 265 g/mol. The normalized spacial score (nSPS) is 22.8. The van der Waals surface area contributed by atoms with Gasteiger partial charge in [0, 0.05) is 32.1 Å². The molecule has 1 saturated heterocycles. The van der Waals surface area contributed by atoms with Crippen LogP contribution in [0.25, 0.3) is 0 Å². The molecular formula is C15H27N3O. The van der Waals surface area contributed by atoms with Gasteiger partial charge >= 0.3 is 0 Å². The van der Waals surface area contributed by atoms with Crippen molar-refractivity contribution in [3.8, 4) is 0 Å². The van der Waals surface area contributed by atoms with E-state index in [1.54, 1.807) is 0 Å². The maximum absolute atomic E-state index is 5.80. The zero-order valence-corrected chi connectivity index (χ0v) is 12.5. The standard InChI is InChI=1S/C15H27N3O/c1-4-17(9-10-18-8-5-7-16-18)13-14-6-11-19-15(2,3)12-14/h5,7-8,14H,4,6,9-13H2,1-3H3. The predicted octanol–water partition coefficient (Wildman–Crippen LogP) is 2.41. The summed E-state index contributed by atoms with van der Waals surface area (Å²) in [5.41, 5.74) is 0.0598. The van der Waals surface area contributed by atoms with Crippen LogP contribution in [0.15, 0.2) is 18.5 Å². The number of rotatable bonds is 6. The van der Waals surface area contributed by atoms with E-state index in [1.165, 1.54) is 19.4 Å². The summed E-state index contributed by atoms with van der Waals surface area (Å²) < 4.78 is 7.81. The van der Waals surface area contributed by atoms with E-state index in [1.807, 2.05) is 23.1 Å². The van der Waals surface area contributed by atoms with Crippen molar-refractivity contribution in [2.24, 2.45) is 5.92 Å². The lowest BCUT2D eigenvalue weighted by Gasteiger charge is -2.37. The van der Waals surface area contributed by atoms with Gasteiger partial charge in [-0.15, -0.1) is 0 Å². The molecule has 1 aliphatic rings. The number of aromatic nitrogens is 2. The first-order valence-corrected chi connectivity index (χ1v) is 7.43. The number of ether oxygens (including phenoxy) is 1. The van der Waals surface area contributed by atoms with Crippen LogP contribution in [0.3, 0.4) is 0 Å². The van der Waals surface area contributed by atoms with E-state index in [-0.39, 0.29) is 5.60 Å². The summed E-state index contributed by atoms with van der Waals surface area (Å²) in [6, 6.07) is 1.98. The number of nitrogens with zero attached hydrogens (tertiary/aromatic N) is 3. The topological polar surface area (TPSA) is 30.3 Å². The minimum atomic E-state index is 0.0598. The molecule has 0 bridgehead atoms. The largest absolute Gasteiger partial charge is 0.376 e. The highest BCUT2D eigenvalue weighted by molar-refractivity contribution is 4.81. The maximum atomic E-state index is 5.80. The molecule has 0 spiro atoms. The van der Waals surface area contributed by atoms with Gasteiger partial charge in [-0.3, -0.25) is 4.68 Å². The summed E-state index contributed by atoms with van der Waals surface area (Å²) in [5, 5.41) is 4.26. The summed E-state index contributed by atoms with van der Waals surface area (Å²) in [6.07, 6.45) is 6.25. The minimum absolute atomic E-state index is 0.0598. The molecule has 0 amide bonds. The molecule has 108 valence electrons. The Bertz CT molecular complexity index is 361. The lowest BCUT2D eigenvalue weighted by molar-refractivity contribution is -0.0767. The van der Waals surface area contributed by atoms with Gasteiger partial charge in [-0.1, -0.05) is 6.92 Å². The molecule has 2 heterocycles. The lowest BCUT2D eigenvalue weighted by Crippen LogP contribution is -2.40. The van der Waals surface area contributed by atoms with Crippen molar-refractivity contribution >= 4 is 0 Å². The summed E-state index contributed by atoms with van der Waals surface area (Å²) in [4.78, 5) is 2.54. The second-order valence-corrected chi connectivity index (χ2v) is 6.13. The van der Waals surface area contributed by atoms with Crippen molar-refractivity contribution < 1.29 is 4.74 Å². The first-order valence-electron chi connectivity index (χ1n) is 7.43. The van der Waals surface area contributed by atoms with Crippen LogP contribution in [-0.2, 0) is 11.3 Å². The molecule has 0 aliphatic carbocycles. The molecule has 19 heavy (non-hydrogen) atoms. The third-order valence-corrected chi connectivity index (χ3v) is 3.97. The second kappa shape index (κ2) is 6.53. The van der Waals surface area contributed by atoms with Crippen molar-refractivity contribution in [2.45, 2.75) is 45.8 Å². The number of likely N-dealkylation sites (N-methyl/N-ethyl adjacent to an activating group) is 1. The van der Waals surface area contributed by atoms with Crippen LogP contribution in [0.1, 0.15) is 33.6 Å². The molecule has 1 unspecified atom stereocenters. The third kappa shape index (κ3) is 4.62. The molecule has 4 nitrogen and oxygen atoms in total. The van der Waals surface area contributed by atoms with Crippen LogP contribution >= 0.6 is 0 Å². The van der Waals surface area contributed by atoms with Crippen LogP contribution in [0.4, 0.5) is 0 Å². The molecule has 1 aromatic heterocycles. The van der Waals surface area contributed by atoms with Crippen LogP contribution in [0, 0.1) is 5.92 Å². The summed E-state index contributed by atoms with van der Waals surface area (Å²) in [7, 11) is 0. The third-order valence-electron chi connectivity index (χ3n) is 3.97. The number of hydrogen-bond acceptors (Lipinski definition) is 3. The summed E-state index contributed by atoms with van der Waals surface area (Å²) in [5.74, 6) is 0.765. The van der Waals surface area contributed by atoms with E-state index < -0.39 is 0 Å². The zero-order chi connectivity index (χ0) is 13.7. The average Bonchev–Trinajstić information content (AvgIpc) is 2.86. The highest BCUT2D eigenvalue weighted by Crippen LogP contribution is 2.28. The molecule has 4 heteroatoms. The van der Waals surface area contributed by atoms with Crippen molar-refractivity contribution in [3.05, 3.63) is 18.5 Å². The highest BCUT2D eigenvalue weighted by Gasteiger charge is 2.29. The molecule has 1 aliphatic heterocycles. The lowest BCUT2D eigenvalue weighted by atomic mass is 9.88. The fourth-order valence-electron chi connectivity index (χ4n) is 2.93. The monoisotopic (exact) mass is 265 g/mol. The molecule has 0 saturated carbocycles. The van der Waals surface area contributed by atoms with Crippen LogP contribution < -0.4 is 0 Å². The number of hydrogen-bond donors (Lipinski definition) is 0. The molecule has 1 atom stereocenters. The van der Waals surface area contributed by atoms with Crippen molar-refractivity contribution in [2.75, 3.05) is 26.2 Å². The fourth-order valence-corrected chi connectivity index (χ4v) is 2.93. The van der Waals surface area contributed by atoms with E-state index in [0.29, 0.717) is 0 Å². The molecule has 0 N–H and O–H groups in total. The van der Waals surface area contributed by atoms with Gasteiger partial charge in [0.1, 0.15) is 0 Å². The van der Waals surface area contributed by atoms with Gasteiger partial charge in [0.05, 0.1) is 12.1 Å². The highest BCUT2D eigenvalue weighted by atomic mass is 16.5. The van der Waals surface area contributed by atoms with Gasteiger partial charge < -0.3 is 9.64 Å². The van der Waals surface area contributed by atoms with E-state index in [9.17, 15) is 0 Å². The van der Waals surface area contributed by atoms with E-state index in [2.05, 4.69) is 30.8 Å². The van der Waals surface area contributed by atoms with Crippen LogP contribution in [0.2, 0.25) is 0 Å². The van der Waals surface area contributed by atoms with Crippen LogP contribution in [-0.4, -0.2) is 46.5 Å². The van der Waals surface area contributed by atoms with E-state index in [4.69, 9.17) is 4.74 Å². The fraction of sp³-hybridized carbons (Fsp3) is 0.800. The van der Waals surface area contributed by atoms with Crippen molar-refractivity contribution in [1.82, 2.24) is 14.7 Å². The Morgan fingerprint density at radius 3 is 2.95 bits per heavy atom. The summed E-state index contributed by atoms with van der Waals surface area (Å²) in [6.45, 7) is 11.9. The first kappa shape index (κ1) is 14.5. The Balaban J connectivity index is 1.78. The Labute approximate surface area is 116 Å². The maximum Gasteiger partial charge on any atom is 0.0629 e. The Hall–Kier alpha value is -0.870. The van der Waals surface area contributed by atoms with Gasteiger partial charge in [0.15, 0.2) is 0 Å². The Morgan fingerprint density at radius 2 is 2.32 bits per heavy atom. The van der Waals surface area contributed by atoms with Gasteiger partial charge in [-0.25, -0.2) is 0 Å². The Kier molecular flexibility index (Phi) is 4.99. The summed E-state index contributed by atoms with van der Waals surface area (Å²) >= 11 is 0. The molecule has 1 aromatic rings. The van der Waals surface area contributed by atoms with Gasteiger partial charge in [-0.2, -0.15) is 5.10 Å². The second-order valence-electron chi connectivity index (χ2n) is 6.13. The molecule has 2 rings (SSSR count). The minimum Gasteiger partial charge on any atom is -0.376 e. The SMILES string of the molecule is CCN(CCn1cccn1)CC1CCOC(C)(C)C1. The molecular weight excluding hydrogens is 238 g/mol. The molecule has 1 fully saturated rings. The van der Waals surface area contributed by atoms with Crippen LogP contribution in [0.5, 0.6) is 0 Å². The van der Waals surface area contributed by atoms with E-state index in [0.717, 1.165) is 32.2 Å². The van der Waals surface area contributed by atoms with Gasteiger partial charge in [0.2, 0.25) is 0 Å². The van der Waals surface area contributed by atoms with E-state index >= 15 is 0 Å². The van der Waals surface area contributed by atoms with Gasteiger partial charge in [-0.05, 0) is 45.2 Å². The quantitative estimate of drug-likeness (QED) is 0.791. The van der Waals surface area contributed by atoms with Crippen molar-refractivity contribution in [1.29, 1.82) is 0 Å². The van der Waals surface area contributed by atoms with Gasteiger partial charge in [0.25, 0.3) is 0 Å². The predicted molar refractivity (Wildman–Crippen MR) is 77.1 cm³/mol. The molecule has 0 radical (unpaired) electrons. The van der Waals surface area contributed by atoms with Crippen molar-refractivity contribution in [3.63, 3.8) is 0 Å². The Morgan fingerprint density at radius 1 is 1.47 bits per heavy atom. The zero-order valence-electron chi connectivity index (χ0n) is 12.5. The smallest absolute Gasteiger partial charge is 0.0629 e.